The van der Waals surface area contributed by atoms with Crippen molar-refractivity contribution < 1.29 is 19.4 Å². The number of rotatable bonds is 7. The van der Waals surface area contributed by atoms with Gasteiger partial charge in [0.1, 0.15) is 18.2 Å². The molecule has 2 N–H and O–H groups in total. The molecule has 2 aromatic heterocycles. The summed E-state index contributed by atoms with van der Waals surface area (Å²) in [4.78, 5) is 27.3. The highest BCUT2D eigenvalue weighted by molar-refractivity contribution is 7.10. The highest BCUT2D eigenvalue weighted by Gasteiger charge is 2.41. The van der Waals surface area contributed by atoms with Crippen LogP contribution < -0.4 is 10.1 Å². The van der Waals surface area contributed by atoms with Crippen molar-refractivity contribution in [1.29, 1.82) is 0 Å². The molecule has 0 bridgehead atoms. The van der Waals surface area contributed by atoms with Gasteiger partial charge in [0, 0.05) is 40.0 Å². The first kappa shape index (κ1) is 26.9. The molecule has 0 amide bonds. The van der Waals surface area contributed by atoms with Gasteiger partial charge < -0.3 is 15.2 Å². The number of carboxylic acid groups (broad SMARTS) is 1. The summed E-state index contributed by atoms with van der Waals surface area (Å²) in [7, 11) is 0. The quantitative estimate of drug-likeness (QED) is 0.205. The van der Waals surface area contributed by atoms with E-state index in [1.165, 1.54) is 4.88 Å². The summed E-state index contributed by atoms with van der Waals surface area (Å²) in [6.45, 7) is 2.38. The molecule has 5 aromatic rings. The van der Waals surface area contributed by atoms with Crippen molar-refractivity contribution in [2.75, 3.05) is 5.32 Å². The van der Waals surface area contributed by atoms with Gasteiger partial charge in [0.25, 0.3) is 0 Å². The number of carbonyl (C=O) groups excluding carboxylic acids is 1. The molecule has 0 radical (unpaired) electrons. The average Bonchev–Trinajstić information content (AvgIpc) is 3.68. The molecule has 3 aromatic carbocycles. The zero-order chi connectivity index (χ0) is 29.5. The molecular weight excluding hydrogens is 558 g/mol. The van der Waals surface area contributed by atoms with E-state index in [4.69, 9.17) is 9.84 Å². The number of para-hydroxylation sites is 1. The third-order valence-electron chi connectivity index (χ3n) is 8.23. The Balaban J connectivity index is 1.32. The SMILES string of the molecule is Cc1nn(-c2ccccc2C(=O)O)c2c1[C@@H](c1ccc(OCc3ccccc3)cc1)C1=C(C[C@@H](c3cccs3)CC1=O)N2. The number of nitrogens with one attached hydrogen (secondary N) is 1. The maximum Gasteiger partial charge on any atom is 0.337 e. The lowest BCUT2D eigenvalue weighted by atomic mass is 9.73. The number of aryl methyl sites for hydroxylation is 1. The maximum atomic E-state index is 14.0. The van der Waals surface area contributed by atoms with Crippen molar-refractivity contribution in [3.63, 3.8) is 0 Å². The number of thiophene rings is 1. The predicted octanol–water partition coefficient (Wildman–Crippen LogP) is 7.48. The molecule has 1 aliphatic carbocycles. The van der Waals surface area contributed by atoms with E-state index >= 15 is 0 Å². The van der Waals surface area contributed by atoms with Gasteiger partial charge in [0.15, 0.2) is 5.78 Å². The molecule has 2 atom stereocenters. The standard InChI is InChI=1S/C35H29N3O4S/c1-21-31-32(23-13-15-25(16-14-23)42-20-22-8-3-2-4-9-22)33-27(18-24(19-29(33)39)30-12-7-17-43-30)36-34(31)38(37-21)28-11-6-5-10-26(28)35(40)41/h2-17,24,32,36H,18-20H2,1H3,(H,40,41)/t24-,32-/m1/s1. The van der Waals surface area contributed by atoms with Crippen molar-refractivity contribution in [3.05, 3.63) is 140 Å². The van der Waals surface area contributed by atoms with Crippen LogP contribution in [0.1, 0.15) is 62.3 Å². The van der Waals surface area contributed by atoms with Crippen molar-refractivity contribution >= 4 is 28.9 Å². The summed E-state index contributed by atoms with van der Waals surface area (Å²) >= 11 is 1.67. The molecule has 8 heteroatoms. The van der Waals surface area contributed by atoms with Crippen molar-refractivity contribution in [3.8, 4) is 11.4 Å². The molecule has 3 heterocycles. The van der Waals surface area contributed by atoms with E-state index in [1.54, 1.807) is 40.3 Å². The van der Waals surface area contributed by atoms with Gasteiger partial charge in [-0.05, 0) is 60.2 Å². The lowest BCUT2D eigenvalue weighted by molar-refractivity contribution is -0.116. The number of fused-ring (bicyclic) bond motifs is 1. The molecule has 7 rings (SSSR count). The highest BCUT2D eigenvalue weighted by atomic mass is 32.1. The second kappa shape index (κ2) is 11.0. The lowest BCUT2D eigenvalue weighted by Crippen LogP contribution is -2.30. The van der Waals surface area contributed by atoms with Crippen LogP contribution >= 0.6 is 11.3 Å². The van der Waals surface area contributed by atoms with Crippen molar-refractivity contribution in [2.24, 2.45) is 0 Å². The van der Waals surface area contributed by atoms with Crippen LogP contribution in [0.4, 0.5) is 5.82 Å². The molecule has 0 spiro atoms. The summed E-state index contributed by atoms with van der Waals surface area (Å²) in [6, 6.07) is 28.9. The van der Waals surface area contributed by atoms with Gasteiger partial charge in [-0.2, -0.15) is 5.10 Å². The fourth-order valence-electron chi connectivity index (χ4n) is 6.25. The second-order valence-corrected chi connectivity index (χ2v) is 11.9. The summed E-state index contributed by atoms with van der Waals surface area (Å²) < 4.78 is 7.73. The maximum absolute atomic E-state index is 14.0. The molecule has 2 aliphatic rings. The molecule has 0 saturated carbocycles. The first-order valence-corrected chi connectivity index (χ1v) is 15.1. The number of carbonyl (C=O) groups is 2. The van der Waals surface area contributed by atoms with Crippen molar-refractivity contribution in [1.82, 2.24) is 9.78 Å². The molecule has 43 heavy (non-hydrogen) atoms. The number of anilines is 1. The smallest absolute Gasteiger partial charge is 0.337 e. The van der Waals surface area contributed by atoms with Crippen LogP contribution in [-0.4, -0.2) is 26.6 Å². The Morgan fingerprint density at radius 2 is 1.77 bits per heavy atom. The molecule has 7 nitrogen and oxygen atoms in total. The van der Waals surface area contributed by atoms with Gasteiger partial charge in [0.2, 0.25) is 0 Å². The number of hydrogen-bond acceptors (Lipinski definition) is 6. The second-order valence-electron chi connectivity index (χ2n) is 10.9. The monoisotopic (exact) mass is 587 g/mol. The van der Waals surface area contributed by atoms with Gasteiger partial charge in [-0.1, -0.05) is 60.7 Å². The number of ether oxygens (including phenoxy) is 1. The molecule has 1 aliphatic heterocycles. The number of allylic oxidation sites excluding steroid dienone is 2. The summed E-state index contributed by atoms with van der Waals surface area (Å²) in [6.07, 6.45) is 1.13. The Kier molecular flexibility index (Phi) is 6.91. The Bertz CT molecular complexity index is 1860. The van der Waals surface area contributed by atoms with E-state index in [1.807, 2.05) is 73.0 Å². The van der Waals surface area contributed by atoms with Gasteiger partial charge in [-0.3, -0.25) is 4.79 Å². The third kappa shape index (κ3) is 4.93. The van der Waals surface area contributed by atoms with E-state index in [2.05, 4.69) is 11.4 Å². The number of hydrogen-bond donors (Lipinski definition) is 2. The van der Waals surface area contributed by atoms with E-state index in [0.29, 0.717) is 31.0 Å². The molecular formula is C35H29N3O4S. The van der Waals surface area contributed by atoms with Crippen molar-refractivity contribution in [2.45, 2.75) is 38.2 Å². The van der Waals surface area contributed by atoms with Crippen LogP contribution in [0.2, 0.25) is 0 Å². The number of ketones is 1. The Morgan fingerprint density at radius 1 is 1.00 bits per heavy atom. The number of aromatic carboxylic acids is 1. The average molecular weight is 588 g/mol. The minimum absolute atomic E-state index is 0.0819. The predicted molar refractivity (Wildman–Crippen MR) is 166 cm³/mol. The normalized spacial score (nSPS) is 17.7. The fraction of sp³-hybridized carbons (Fsp3) is 0.171. The fourth-order valence-corrected chi connectivity index (χ4v) is 7.08. The first-order valence-electron chi connectivity index (χ1n) is 14.2. The zero-order valence-electron chi connectivity index (χ0n) is 23.5. The van der Waals surface area contributed by atoms with E-state index in [9.17, 15) is 14.7 Å². The summed E-state index contributed by atoms with van der Waals surface area (Å²) in [5.74, 6) is 0.257. The Morgan fingerprint density at radius 3 is 2.51 bits per heavy atom. The minimum atomic E-state index is -1.03. The highest BCUT2D eigenvalue weighted by Crippen LogP contribution is 2.50. The number of Topliss-reactive ketones (excluding diaryl/α,β-unsaturated/α-hetero) is 1. The zero-order valence-corrected chi connectivity index (χ0v) is 24.3. The number of nitrogens with zero attached hydrogens (tertiary/aromatic N) is 2. The van der Waals surface area contributed by atoms with Gasteiger partial charge in [-0.15, -0.1) is 11.3 Å². The minimum Gasteiger partial charge on any atom is -0.489 e. The van der Waals surface area contributed by atoms with Crippen LogP contribution in [-0.2, 0) is 11.4 Å². The molecule has 0 fully saturated rings. The van der Waals surface area contributed by atoms with E-state index in [-0.39, 0.29) is 23.2 Å². The van der Waals surface area contributed by atoms with E-state index in [0.717, 1.165) is 39.4 Å². The Labute approximate surface area is 253 Å². The number of carboxylic acids is 1. The van der Waals surface area contributed by atoms with E-state index < -0.39 is 5.97 Å². The first-order chi connectivity index (χ1) is 21.0. The number of benzene rings is 3. The van der Waals surface area contributed by atoms with Gasteiger partial charge in [-0.25, -0.2) is 9.48 Å². The van der Waals surface area contributed by atoms with Crippen LogP contribution in [0.15, 0.2) is 108 Å². The number of aromatic nitrogens is 2. The Hall–Kier alpha value is -4.95. The lowest BCUT2D eigenvalue weighted by Gasteiger charge is -2.35. The van der Waals surface area contributed by atoms with Gasteiger partial charge in [0.05, 0.1) is 16.9 Å². The molecule has 0 saturated heterocycles. The summed E-state index contributed by atoms with van der Waals surface area (Å²) in [5.41, 5.74) is 5.90. The topological polar surface area (TPSA) is 93.5 Å². The van der Waals surface area contributed by atoms with Crippen LogP contribution in [0.3, 0.4) is 0 Å². The third-order valence-corrected chi connectivity index (χ3v) is 9.27. The van der Waals surface area contributed by atoms with Gasteiger partial charge >= 0.3 is 5.97 Å². The molecule has 0 unspecified atom stereocenters. The summed E-state index contributed by atoms with van der Waals surface area (Å²) in [5, 5.41) is 20.4. The van der Waals surface area contributed by atoms with Crippen LogP contribution in [0.25, 0.3) is 5.69 Å². The van der Waals surface area contributed by atoms with Crippen LogP contribution in [0.5, 0.6) is 5.75 Å². The molecule has 214 valence electrons. The largest absolute Gasteiger partial charge is 0.489 e. The van der Waals surface area contributed by atoms with Crippen LogP contribution in [0, 0.1) is 6.92 Å².